The first-order valence-electron chi connectivity index (χ1n) is 9.11. The normalized spacial score (nSPS) is 10.9. The fourth-order valence-electron chi connectivity index (χ4n) is 2.70. The van der Waals surface area contributed by atoms with Gasteiger partial charge in [0.1, 0.15) is 29.8 Å². The van der Waals surface area contributed by atoms with E-state index in [1.165, 1.54) is 18.2 Å². The number of nitrogens with zero attached hydrogens (tertiary/aromatic N) is 1. The van der Waals surface area contributed by atoms with Crippen molar-refractivity contribution >= 4 is 29.3 Å². The molecule has 0 aliphatic carbocycles. The molecule has 0 spiro atoms. The third-order valence-electron chi connectivity index (χ3n) is 4.22. The Balaban J connectivity index is 1.70. The van der Waals surface area contributed by atoms with Gasteiger partial charge in [0.25, 0.3) is 5.91 Å². The molecule has 150 valence electrons. The Hall–Kier alpha value is -3.62. The Morgan fingerprint density at radius 3 is 2.60 bits per heavy atom. The number of amides is 1. The number of carbonyl (C=O) groups excluding carboxylic acids is 1. The number of hydrogen-bond donors (Lipinski definition) is 1. The van der Waals surface area contributed by atoms with Gasteiger partial charge in [-0.05, 0) is 66.1 Å². The van der Waals surface area contributed by atoms with E-state index in [-0.39, 0.29) is 18.0 Å². The first-order chi connectivity index (χ1) is 14.4. The smallest absolute Gasteiger partial charge is 0.266 e. The zero-order valence-electron chi connectivity index (χ0n) is 16.2. The minimum absolute atomic E-state index is 0.0486. The molecule has 4 nitrogen and oxygen atoms in total. The summed E-state index contributed by atoms with van der Waals surface area (Å²) >= 11 is 6.28. The number of nitriles is 1. The maximum absolute atomic E-state index is 13.0. The summed E-state index contributed by atoms with van der Waals surface area (Å²) in [5, 5.41) is 12.4. The zero-order valence-corrected chi connectivity index (χ0v) is 16.9. The molecule has 3 rings (SSSR count). The van der Waals surface area contributed by atoms with E-state index in [4.69, 9.17) is 16.3 Å². The topological polar surface area (TPSA) is 62.1 Å². The molecule has 0 saturated carbocycles. The van der Waals surface area contributed by atoms with E-state index in [0.29, 0.717) is 22.0 Å². The highest BCUT2D eigenvalue weighted by molar-refractivity contribution is 6.32. The number of halogens is 2. The predicted molar refractivity (Wildman–Crippen MR) is 116 cm³/mol. The molecular formula is C24H18ClFN2O2. The molecule has 3 aromatic carbocycles. The van der Waals surface area contributed by atoms with Crippen LogP contribution in [0.25, 0.3) is 6.08 Å². The van der Waals surface area contributed by atoms with Gasteiger partial charge in [-0.3, -0.25) is 4.79 Å². The number of nitrogens with one attached hydrogen (secondary N) is 1. The average Bonchev–Trinajstić information content (AvgIpc) is 2.72. The van der Waals surface area contributed by atoms with Crippen molar-refractivity contribution in [2.45, 2.75) is 13.5 Å². The number of carbonyl (C=O) groups is 1. The largest absolute Gasteiger partial charge is 0.487 e. The van der Waals surface area contributed by atoms with Crippen molar-refractivity contribution in [1.29, 1.82) is 5.26 Å². The second-order valence-corrected chi connectivity index (χ2v) is 7.01. The molecular weight excluding hydrogens is 403 g/mol. The Bertz CT molecular complexity index is 1130. The first kappa shape index (κ1) is 21.1. The van der Waals surface area contributed by atoms with E-state index >= 15 is 0 Å². The molecule has 1 amide bonds. The molecule has 0 aromatic heterocycles. The highest BCUT2D eigenvalue weighted by Crippen LogP contribution is 2.27. The molecule has 6 heteroatoms. The minimum atomic E-state index is -0.504. The molecule has 0 bridgehead atoms. The van der Waals surface area contributed by atoms with Gasteiger partial charge in [0.05, 0.1) is 5.02 Å². The highest BCUT2D eigenvalue weighted by atomic mass is 35.5. The summed E-state index contributed by atoms with van der Waals surface area (Å²) in [7, 11) is 0. The van der Waals surface area contributed by atoms with Crippen molar-refractivity contribution in [2.24, 2.45) is 0 Å². The van der Waals surface area contributed by atoms with Crippen LogP contribution in [-0.4, -0.2) is 5.91 Å². The molecule has 3 aromatic rings. The van der Waals surface area contributed by atoms with Crippen LogP contribution >= 0.6 is 11.6 Å². The Labute approximate surface area is 179 Å². The van der Waals surface area contributed by atoms with Gasteiger partial charge in [0.2, 0.25) is 0 Å². The van der Waals surface area contributed by atoms with Crippen LogP contribution in [0.4, 0.5) is 10.1 Å². The van der Waals surface area contributed by atoms with Gasteiger partial charge in [0.15, 0.2) is 0 Å². The molecule has 30 heavy (non-hydrogen) atoms. The number of aryl methyl sites for hydroxylation is 1. The van der Waals surface area contributed by atoms with E-state index in [1.807, 2.05) is 31.2 Å². The molecule has 0 unspecified atom stereocenters. The fraction of sp³-hybridized carbons (Fsp3) is 0.0833. The van der Waals surface area contributed by atoms with Gasteiger partial charge in [0, 0.05) is 5.69 Å². The third-order valence-corrected chi connectivity index (χ3v) is 4.51. The molecule has 0 aliphatic rings. The van der Waals surface area contributed by atoms with Crippen LogP contribution in [0.15, 0.2) is 72.3 Å². The van der Waals surface area contributed by atoms with Crippen molar-refractivity contribution < 1.29 is 13.9 Å². The Morgan fingerprint density at radius 1 is 1.17 bits per heavy atom. The summed E-state index contributed by atoms with van der Waals surface area (Å²) in [5.74, 6) is -0.371. The SMILES string of the molecule is Cc1cccc(NC(=O)/C(C#N)=C/c2ccc(OCc3ccc(F)cc3)c(Cl)c2)c1. The number of benzene rings is 3. The number of ether oxygens (including phenoxy) is 1. The summed E-state index contributed by atoms with van der Waals surface area (Å²) in [6.07, 6.45) is 1.46. The van der Waals surface area contributed by atoms with E-state index in [9.17, 15) is 14.4 Å². The van der Waals surface area contributed by atoms with Gasteiger partial charge in [-0.2, -0.15) is 5.26 Å². The van der Waals surface area contributed by atoms with Gasteiger partial charge in [-0.1, -0.05) is 41.9 Å². The van der Waals surface area contributed by atoms with Crippen molar-refractivity contribution in [3.05, 3.63) is 99.8 Å². The third kappa shape index (κ3) is 5.69. The van der Waals surface area contributed by atoms with Crippen LogP contribution in [0.5, 0.6) is 5.75 Å². The van der Waals surface area contributed by atoms with Gasteiger partial charge >= 0.3 is 0 Å². The quantitative estimate of drug-likeness (QED) is 0.398. The predicted octanol–water partition coefficient (Wildman–Crippen LogP) is 5.91. The van der Waals surface area contributed by atoms with Crippen LogP contribution in [0.2, 0.25) is 5.02 Å². The average molecular weight is 421 g/mol. The van der Waals surface area contributed by atoms with E-state index in [0.717, 1.165) is 11.1 Å². The van der Waals surface area contributed by atoms with E-state index in [2.05, 4.69) is 5.32 Å². The zero-order chi connectivity index (χ0) is 21.5. The standard InChI is InChI=1S/C24H18ClFN2O2/c1-16-3-2-4-21(11-16)28-24(29)19(14-27)12-18-7-10-23(22(25)13-18)30-15-17-5-8-20(26)9-6-17/h2-13H,15H2,1H3,(H,28,29)/b19-12+. The fourth-order valence-corrected chi connectivity index (χ4v) is 2.95. The van der Waals surface area contributed by atoms with Crippen molar-refractivity contribution in [2.75, 3.05) is 5.32 Å². The lowest BCUT2D eigenvalue weighted by Crippen LogP contribution is -2.13. The summed E-state index contributed by atoms with van der Waals surface area (Å²) in [6.45, 7) is 2.15. The lowest BCUT2D eigenvalue weighted by molar-refractivity contribution is -0.112. The Kier molecular flexibility index (Phi) is 6.84. The molecule has 0 radical (unpaired) electrons. The molecule has 1 N–H and O–H groups in total. The summed E-state index contributed by atoms with van der Waals surface area (Å²) in [4.78, 5) is 12.4. The summed E-state index contributed by atoms with van der Waals surface area (Å²) < 4.78 is 18.6. The Morgan fingerprint density at radius 2 is 1.93 bits per heavy atom. The number of rotatable bonds is 6. The van der Waals surface area contributed by atoms with Crippen LogP contribution < -0.4 is 10.1 Å². The van der Waals surface area contributed by atoms with Crippen LogP contribution in [0.3, 0.4) is 0 Å². The number of hydrogen-bond acceptors (Lipinski definition) is 3. The van der Waals surface area contributed by atoms with Crippen molar-refractivity contribution in [3.63, 3.8) is 0 Å². The first-order valence-corrected chi connectivity index (χ1v) is 9.49. The molecule has 0 heterocycles. The highest BCUT2D eigenvalue weighted by Gasteiger charge is 2.11. The summed E-state index contributed by atoms with van der Waals surface area (Å²) in [6, 6.07) is 20.2. The van der Waals surface area contributed by atoms with Gasteiger partial charge < -0.3 is 10.1 Å². The molecule has 0 fully saturated rings. The van der Waals surface area contributed by atoms with Crippen molar-refractivity contribution in [3.8, 4) is 11.8 Å². The summed E-state index contributed by atoms with van der Waals surface area (Å²) in [5.41, 5.74) is 2.95. The van der Waals surface area contributed by atoms with Gasteiger partial charge in [-0.15, -0.1) is 0 Å². The number of anilines is 1. The van der Waals surface area contributed by atoms with Crippen LogP contribution in [0.1, 0.15) is 16.7 Å². The minimum Gasteiger partial charge on any atom is -0.487 e. The monoisotopic (exact) mass is 420 g/mol. The molecule has 0 atom stereocenters. The molecule has 0 aliphatic heterocycles. The van der Waals surface area contributed by atoms with Crippen molar-refractivity contribution in [1.82, 2.24) is 0 Å². The van der Waals surface area contributed by atoms with Crippen LogP contribution in [-0.2, 0) is 11.4 Å². The maximum Gasteiger partial charge on any atom is 0.266 e. The van der Waals surface area contributed by atoms with Crippen LogP contribution in [0, 0.1) is 24.1 Å². The maximum atomic E-state index is 13.0. The molecule has 0 saturated heterocycles. The van der Waals surface area contributed by atoms with Gasteiger partial charge in [-0.25, -0.2) is 4.39 Å². The second kappa shape index (κ2) is 9.73. The van der Waals surface area contributed by atoms with E-state index < -0.39 is 5.91 Å². The lowest BCUT2D eigenvalue weighted by Gasteiger charge is -2.09. The second-order valence-electron chi connectivity index (χ2n) is 6.60. The lowest BCUT2D eigenvalue weighted by atomic mass is 10.1. The van der Waals surface area contributed by atoms with E-state index in [1.54, 1.807) is 36.4 Å².